The third-order valence-corrected chi connectivity index (χ3v) is 3.40. The monoisotopic (exact) mass is 270 g/mol. The van der Waals surface area contributed by atoms with Crippen LogP contribution in [0.1, 0.15) is 11.4 Å². The first kappa shape index (κ1) is 12.9. The zero-order chi connectivity index (χ0) is 13.9. The van der Waals surface area contributed by atoms with E-state index in [1.165, 1.54) is 0 Å². The molecule has 1 aromatic carbocycles. The molecule has 0 saturated carbocycles. The maximum absolute atomic E-state index is 9.00. The van der Waals surface area contributed by atoms with Gasteiger partial charge in [-0.05, 0) is 19.4 Å². The van der Waals surface area contributed by atoms with Crippen molar-refractivity contribution in [3.05, 3.63) is 35.7 Å². The van der Waals surface area contributed by atoms with Crippen LogP contribution in [0.5, 0.6) is 0 Å². The average molecular weight is 270 g/mol. The third kappa shape index (κ3) is 2.32. The lowest BCUT2D eigenvalue weighted by Gasteiger charge is -2.13. The second kappa shape index (κ2) is 5.46. The van der Waals surface area contributed by atoms with Gasteiger partial charge in [0.2, 0.25) is 0 Å². The van der Waals surface area contributed by atoms with E-state index in [1.807, 2.05) is 19.1 Å². The molecule has 3 rings (SSSR count). The fourth-order valence-electron chi connectivity index (χ4n) is 2.54. The summed E-state index contributed by atoms with van der Waals surface area (Å²) in [7, 11) is 0. The Morgan fingerprint density at radius 2 is 2.15 bits per heavy atom. The molecule has 2 aromatic rings. The molecular weight excluding hydrogens is 252 g/mol. The molecule has 0 unspecified atom stereocenters. The maximum atomic E-state index is 9.00. The van der Waals surface area contributed by atoms with Gasteiger partial charge >= 0.3 is 0 Å². The second-order valence-corrected chi connectivity index (χ2v) is 4.82. The van der Waals surface area contributed by atoms with Crippen LogP contribution < -0.4 is 10.6 Å². The number of nitrogens with zero attached hydrogens (tertiary/aromatic N) is 2. The average Bonchev–Trinajstić information content (AvgIpc) is 2.64. The minimum Gasteiger partial charge on any atom is -0.395 e. The number of para-hydroxylation sites is 1. The van der Waals surface area contributed by atoms with Crippen LogP contribution in [0, 0.1) is 6.92 Å². The standard InChI is InChI=1S/C15H18N4O/c1-10-18-14-11-4-2-3-5-13(11)16-7-6-12(14)15(19-10)17-8-9-20/h2-5,16,20H,6-9H2,1H3,(H,17,18,19). The second-order valence-electron chi connectivity index (χ2n) is 4.82. The Hall–Kier alpha value is -2.14. The Balaban J connectivity index is 2.15. The molecule has 20 heavy (non-hydrogen) atoms. The van der Waals surface area contributed by atoms with E-state index in [4.69, 9.17) is 5.11 Å². The van der Waals surface area contributed by atoms with Crippen LogP contribution >= 0.6 is 0 Å². The predicted molar refractivity (Wildman–Crippen MR) is 80.0 cm³/mol. The van der Waals surface area contributed by atoms with Gasteiger partial charge in [0.05, 0.1) is 12.3 Å². The minimum atomic E-state index is 0.0899. The molecule has 0 atom stereocenters. The molecule has 2 heterocycles. The summed E-state index contributed by atoms with van der Waals surface area (Å²) < 4.78 is 0. The number of nitrogens with one attached hydrogen (secondary N) is 2. The largest absolute Gasteiger partial charge is 0.395 e. The van der Waals surface area contributed by atoms with Crippen molar-refractivity contribution >= 4 is 11.5 Å². The number of anilines is 2. The first-order valence-electron chi connectivity index (χ1n) is 6.85. The van der Waals surface area contributed by atoms with E-state index in [2.05, 4.69) is 32.7 Å². The van der Waals surface area contributed by atoms with Gasteiger partial charge in [-0.15, -0.1) is 0 Å². The van der Waals surface area contributed by atoms with Crippen molar-refractivity contribution in [1.29, 1.82) is 0 Å². The van der Waals surface area contributed by atoms with Crippen molar-refractivity contribution in [3.8, 4) is 11.3 Å². The molecule has 5 heteroatoms. The molecule has 1 aliphatic rings. The summed E-state index contributed by atoms with van der Waals surface area (Å²) in [6, 6.07) is 8.20. The van der Waals surface area contributed by atoms with Gasteiger partial charge in [-0.2, -0.15) is 0 Å². The number of aliphatic hydroxyl groups excluding tert-OH is 1. The topological polar surface area (TPSA) is 70.1 Å². The van der Waals surface area contributed by atoms with Gasteiger partial charge in [-0.25, -0.2) is 9.97 Å². The molecule has 0 fully saturated rings. The Morgan fingerprint density at radius 3 is 3.00 bits per heavy atom. The van der Waals surface area contributed by atoms with E-state index in [-0.39, 0.29) is 6.61 Å². The van der Waals surface area contributed by atoms with E-state index in [0.29, 0.717) is 6.54 Å². The molecule has 1 aliphatic heterocycles. The van der Waals surface area contributed by atoms with E-state index in [1.54, 1.807) is 0 Å². The Kier molecular flexibility index (Phi) is 3.52. The number of aryl methyl sites for hydroxylation is 1. The lowest BCUT2D eigenvalue weighted by molar-refractivity contribution is 0.311. The smallest absolute Gasteiger partial charge is 0.133 e. The number of aromatic nitrogens is 2. The summed E-state index contributed by atoms with van der Waals surface area (Å²) in [6.45, 7) is 3.33. The summed E-state index contributed by atoms with van der Waals surface area (Å²) in [5.41, 5.74) is 4.31. The summed E-state index contributed by atoms with van der Waals surface area (Å²) in [4.78, 5) is 9.11. The SMILES string of the molecule is Cc1nc(NCCO)c2c(n1)-c1ccccc1NCC2. The van der Waals surface area contributed by atoms with Gasteiger partial charge in [0.1, 0.15) is 11.6 Å². The molecule has 0 amide bonds. The molecule has 0 aliphatic carbocycles. The van der Waals surface area contributed by atoms with Gasteiger partial charge in [-0.1, -0.05) is 18.2 Å². The van der Waals surface area contributed by atoms with Gasteiger partial charge in [0, 0.05) is 29.9 Å². The van der Waals surface area contributed by atoms with Crippen LogP contribution in [0.25, 0.3) is 11.3 Å². The van der Waals surface area contributed by atoms with E-state index >= 15 is 0 Å². The summed E-state index contributed by atoms with van der Waals surface area (Å²) in [5.74, 6) is 1.57. The molecule has 0 saturated heterocycles. The lowest BCUT2D eigenvalue weighted by atomic mass is 10.0. The number of benzene rings is 1. The van der Waals surface area contributed by atoms with Crippen LogP contribution in [0.2, 0.25) is 0 Å². The molecule has 0 bridgehead atoms. The number of hydrogen-bond acceptors (Lipinski definition) is 5. The minimum absolute atomic E-state index is 0.0899. The van der Waals surface area contributed by atoms with Crippen molar-refractivity contribution < 1.29 is 5.11 Å². The fraction of sp³-hybridized carbons (Fsp3) is 0.333. The molecule has 0 radical (unpaired) electrons. The lowest BCUT2D eigenvalue weighted by Crippen LogP contribution is -2.12. The molecule has 0 spiro atoms. The zero-order valence-electron chi connectivity index (χ0n) is 11.5. The number of fused-ring (bicyclic) bond motifs is 3. The highest BCUT2D eigenvalue weighted by Gasteiger charge is 2.19. The molecule has 1 aromatic heterocycles. The van der Waals surface area contributed by atoms with Crippen molar-refractivity contribution in [1.82, 2.24) is 9.97 Å². The predicted octanol–water partition coefficient (Wildman–Crippen LogP) is 1.82. The van der Waals surface area contributed by atoms with Gasteiger partial charge in [0.25, 0.3) is 0 Å². The van der Waals surface area contributed by atoms with Crippen LogP contribution in [-0.2, 0) is 6.42 Å². The summed E-state index contributed by atoms with van der Waals surface area (Å²) in [6.07, 6.45) is 0.859. The summed E-state index contributed by atoms with van der Waals surface area (Å²) >= 11 is 0. The van der Waals surface area contributed by atoms with Crippen molar-refractivity contribution in [2.75, 3.05) is 30.3 Å². The quantitative estimate of drug-likeness (QED) is 0.793. The van der Waals surface area contributed by atoms with Gasteiger partial charge in [-0.3, -0.25) is 0 Å². The highest BCUT2D eigenvalue weighted by Crippen LogP contribution is 2.34. The normalized spacial score (nSPS) is 12.9. The number of aliphatic hydroxyl groups is 1. The van der Waals surface area contributed by atoms with E-state index < -0.39 is 0 Å². The van der Waals surface area contributed by atoms with Crippen molar-refractivity contribution in [3.63, 3.8) is 0 Å². The van der Waals surface area contributed by atoms with Crippen molar-refractivity contribution in [2.45, 2.75) is 13.3 Å². The number of rotatable bonds is 3. The third-order valence-electron chi connectivity index (χ3n) is 3.40. The number of hydrogen-bond donors (Lipinski definition) is 3. The highest BCUT2D eigenvalue weighted by atomic mass is 16.3. The fourth-order valence-corrected chi connectivity index (χ4v) is 2.54. The van der Waals surface area contributed by atoms with Crippen LogP contribution in [0.4, 0.5) is 11.5 Å². The first-order valence-corrected chi connectivity index (χ1v) is 6.85. The van der Waals surface area contributed by atoms with E-state index in [9.17, 15) is 0 Å². The molecule has 5 nitrogen and oxygen atoms in total. The van der Waals surface area contributed by atoms with Crippen LogP contribution in [0.15, 0.2) is 24.3 Å². The maximum Gasteiger partial charge on any atom is 0.133 e. The molecular formula is C15H18N4O. The van der Waals surface area contributed by atoms with Gasteiger partial charge in [0.15, 0.2) is 0 Å². The first-order chi connectivity index (χ1) is 9.79. The Bertz CT molecular complexity index is 627. The Morgan fingerprint density at radius 1 is 1.30 bits per heavy atom. The molecule has 3 N–H and O–H groups in total. The Labute approximate surface area is 118 Å². The highest BCUT2D eigenvalue weighted by molar-refractivity contribution is 5.81. The summed E-state index contributed by atoms with van der Waals surface area (Å²) in [5, 5.41) is 15.6. The van der Waals surface area contributed by atoms with Crippen LogP contribution in [-0.4, -0.2) is 34.8 Å². The molecule has 104 valence electrons. The zero-order valence-corrected chi connectivity index (χ0v) is 11.5. The van der Waals surface area contributed by atoms with Crippen molar-refractivity contribution in [2.24, 2.45) is 0 Å². The van der Waals surface area contributed by atoms with Gasteiger partial charge < -0.3 is 15.7 Å². The van der Waals surface area contributed by atoms with Crippen LogP contribution in [0.3, 0.4) is 0 Å². The van der Waals surface area contributed by atoms with E-state index in [0.717, 1.165) is 47.1 Å².